The summed E-state index contributed by atoms with van der Waals surface area (Å²) in [5.74, 6) is 0.574. The van der Waals surface area contributed by atoms with E-state index in [1.165, 1.54) is 0 Å². The Morgan fingerprint density at radius 3 is 2.87 bits per heavy atom. The number of hydrogen-bond donors (Lipinski definition) is 3. The van der Waals surface area contributed by atoms with E-state index in [2.05, 4.69) is 30.9 Å². The summed E-state index contributed by atoms with van der Waals surface area (Å²) in [7, 11) is 0. The molecule has 1 aromatic heterocycles. The molecule has 1 fully saturated rings. The van der Waals surface area contributed by atoms with Crippen LogP contribution in [0.25, 0.3) is 0 Å². The van der Waals surface area contributed by atoms with Crippen molar-refractivity contribution in [2.24, 2.45) is 4.99 Å². The van der Waals surface area contributed by atoms with E-state index in [1.807, 2.05) is 6.92 Å². The largest absolute Gasteiger partial charge is 0.433 e. The first-order chi connectivity index (χ1) is 14.0. The van der Waals surface area contributed by atoms with E-state index >= 15 is 0 Å². The molecule has 0 amide bonds. The molecule has 0 aliphatic carbocycles. The predicted molar refractivity (Wildman–Crippen MR) is 119 cm³/mol. The number of anilines is 1. The number of nitrogens with one attached hydrogen (secondary N) is 3. The summed E-state index contributed by atoms with van der Waals surface area (Å²) >= 11 is 0. The Bertz CT molecular complexity index is 630. The normalized spacial score (nSPS) is 16.8. The summed E-state index contributed by atoms with van der Waals surface area (Å²) in [4.78, 5) is 11.7. The summed E-state index contributed by atoms with van der Waals surface area (Å²) < 4.78 is 49.1. The quantitative estimate of drug-likeness (QED) is 0.170. The SMILES string of the molecule is CCNC(=NCCCOCC1CCCO1)NCCNc1nccc(C(F)(F)F)n1.I. The van der Waals surface area contributed by atoms with Crippen molar-refractivity contribution in [3.63, 3.8) is 0 Å². The zero-order valence-electron chi connectivity index (χ0n) is 17.0. The first-order valence-electron chi connectivity index (χ1n) is 9.84. The number of aliphatic imine (C=N–C) groups is 1. The molecule has 30 heavy (non-hydrogen) atoms. The van der Waals surface area contributed by atoms with Gasteiger partial charge in [0.05, 0.1) is 12.7 Å². The molecule has 3 N–H and O–H groups in total. The van der Waals surface area contributed by atoms with E-state index in [0.717, 1.165) is 38.1 Å². The number of aromatic nitrogens is 2. The van der Waals surface area contributed by atoms with Crippen molar-refractivity contribution in [2.45, 2.75) is 38.5 Å². The highest BCUT2D eigenvalue weighted by atomic mass is 127. The van der Waals surface area contributed by atoms with Crippen LogP contribution in [0.1, 0.15) is 31.9 Å². The van der Waals surface area contributed by atoms with Gasteiger partial charge in [-0.3, -0.25) is 4.99 Å². The number of ether oxygens (including phenoxy) is 2. The van der Waals surface area contributed by atoms with Gasteiger partial charge in [0, 0.05) is 45.6 Å². The van der Waals surface area contributed by atoms with Crippen LogP contribution in [0.15, 0.2) is 17.3 Å². The van der Waals surface area contributed by atoms with Crippen LogP contribution in [0.2, 0.25) is 0 Å². The number of halogens is 4. The molecule has 0 saturated carbocycles. The van der Waals surface area contributed by atoms with Gasteiger partial charge in [-0.1, -0.05) is 0 Å². The highest BCUT2D eigenvalue weighted by Gasteiger charge is 2.32. The van der Waals surface area contributed by atoms with Crippen LogP contribution in [0.4, 0.5) is 19.1 Å². The van der Waals surface area contributed by atoms with Crippen molar-refractivity contribution >= 4 is 35.9 Å². The number of guanidine groups is 1. The fraction of sp³-hybridized carbons (Fsp3) is 0.722. The van der Waals surface area contributed by atoms with Gasteiger partial charge in [-0.2, -0.15) is 13.2 Å². The van der Waals surface area contributed by atoms with Crippen LogP contribution in [0, 0.1) is 0 Å². The van der Waals surface area contributed by atoms with Gasteiger partial charge >= 0.3 is 6.18 Å². The number of nitrogens with zero attached hydrogens (tertiary/aromatic N) is 3. The third kappa shape index (κ3) is 10.6. The van der Waals surface area contributed by atoms with Crippen molar-refractivity contribution in [3.8, 4) is 0 Å². The number of rotatable bonds is 11. The second kappa shape index (κ2) is 14.6. The second-order valence-electron chi connectivity index (χ2n) is 6.44. The molecule has 1 aromatic rings. The molecular formula is C18H30F3IN6O2. The Labute approximate surface area is 191 Å². The minimum absolute atomic E-state index is 0. The maximum absolute atomic E-state index is 12.7. The monoisotopic (exact) mass is 546 g/mol. The third-order valence-corrected chi connectivity index (χ3v) is 4.04. The van der Waals surface area contributed by atoms with Gasteiger partial charge in [-0.05, 0) is 32.3 Å². The molecule has 12 heteroatoms. The first-order valence-corrected chi connectivity index (χ1v) is 9.84. The third-order valence-electron chi connectivity index (χ3n) is 4.04. The van der Waals surface area contributed by atoms with Crippen LogP contribution < -0.4 is 16.0 Å². The maximum Gasteiger partial charge on any atom is 0.433 e. The zero-order valence-corrected chi connectivity index (χ0v) is 19.3. The predicted octanol–water partition coefficient (Wildman–Crippen LogP) is 2.67. The molecule has 1 unspecified atom stereocenters. The number of hydrogen-bond acceptors (Lipinski definition) is 6. The Hall–Kier alpha value is -1.41. The summed E-state index contributed by atoms with van der Waals surface area (Å²) in [5.41, 5.74) is -0.973. The van der Waals surface area contributed by atoms with Gasteiger partial charge in [-0.15, -0.1) is 24.0 Å². The second-order valence-corrected chi connectivity index (χ2v) is 6.44. The van der Waals surface area contributed by atoms with Crippen LogP contribution >= 0.6 is 24.0 Å². The molecule has 0 spiro atoms. The van der Waals surface area contributed by atoms with E-state index < -0.39 is 11.9 Å². The molecular weight excluding hydrogens is 516 g/mol. The van der Waals surface area contributed by atoms with Gasteiger partial charge in [0.1, 0.15) is 5.69 Å². The number of alkyl halides is 3. The smallest absolute Gasteiger partial charge is 0.379 e. The van der Waals surface area contributed by atoms with Crippen LogP contribution in [0.3, 0.4) is 0 Å². The Kier molecular flexibility index (Phi) is 12.9. The van der Waals surface area contributed by atoms with Crippen LogP contribution in [0.5, 0.6) is 0 Å². The lowest BCUT2D eigenvalue weighted by atomic mass is 10.2. The molecule has 0 aromatic carbocycles. The van der Waals surface area contributed by atoms with Crippen molar-refractivity contribution in [3.05, 3.63) is 18.0 Å². The topological polar surface area (TPSA) is 92.7 Å². The molecule has 172 valence electrons. The summed E-state index contributed by atoms with van der Waals surface area (Å²) in [6.07, 6.45) is -0.226. The van der Waals surface area contributed by atoms with Crippen molar-refractivity contribution in [1.82, 2.24) is 20.6 Å². The fourth-order valence-electron chi connectivity index (χ4n) is 2.65. The zero-order chi connectivity index (χ0) is 21.0. The van der Waals surface area contributed by atoms with E-state index in [-0.39, 0.29) is 36.0 Å². The van der Waals surface area contributed by atoms with Gasteiger partial charge in [0.15, 0.2) is 5.96 Å². The van der Waals surface area contributed by atoms with Crippen molar-refractivity contribution < 1.29 is 22.6 Å². The average molecular weight is 546 g/mol. The van der Waals surface area contributed by atoms with E-state index in [1.54, 1.807) is 0 Å². The summed E-state index contributed by atoms with van der Waals surface area (Å²) in [6, 6.07) is 0.837. The summed E-state index contributed by atoms with van der Waals surface area (Å²) in [6.45, 7) is 6.12. The van der Waals surface area contributed by atoms with Gasteiger partial charge in [0.2, 0.25) is 5.95 Å². The average Bonchev–Trinajstić information content (AvgIpc) is 3.21. The van der Waals surface area contributed by atoms with Gasteiger partial charge < -0.3 is 25.4 Å². The maximum atomic E-state index is 12.7. The molecule has 0 radical (unpaired) electrons. The van der Waals surface area contributed by atoms with Gasteiger partial charge in [-0.25, -0.2) is 9.97 Å². The van der Waals surface area contributed by atoms with Crippen LogP contribution in [-0.2, 0) is 15.7 Å². The Morgan fingerprint density at radius 1 is 1.33 bits per heavy atom. The van der Waals surface area contributed by atoms with E-state index in [0.29, 0.717) is 45.4 Å². The van der Waals surface area contributed by atoms with Gasteiger partial charge in [0.25, 0.3) is 0 Å². The molecule has 2 rings (SSSR count). The van der Waals surface area contributed by atoms with Crippen molar-refractivity contribution in [2.75, 3.05) is 51.3 Å². The fourth-order valence-corrected chi connectivity index (χ4v) is 2.65. The summed E-state index contributed by atoms with van der Waals surface area (Å²) in [5, 5.41) is 8.99. The van der Waals surface area contributed by atoms with E-state index in [9.17, 15) is 13.2 Å². The lowest BCUT2D eigenvalue weighted by Gasteiger charge is -2.13. The highest BCUT2D eigenvalue weighted by Crippen LogP contribution is 2.27. The molecule has 1 saturated heterocycles. The highest BCUT2D eigenvalue weighted by molar-refractivity contribution is 14.0. The lowest BCUT2D eigenvalue weighted by Crippen LogP contribution is -2.39. The minimum atomic E-state index is -4.49. The molecule has 1 aliphatic rings. The first kappa shape index (κ1) is 26.6. The molecule has 0 bridgehead atoms. The standard InChI is InChI=1S/C18H29F3N6O2.HI/c1-2-22-16(23-7-4-11-28-13-14-5-3-12-29-14)25-9-10-26-17-24-8-6-15(27-17)18(19,20)21;/h6,8,14H,2-5,7,9-13H2,1H3,(H2,22,23,25)(H,24,26,27);1H. The van der Waals surface area contributed by atoms with E-state index in [4.69, 9.17) is 9.47 Å². The molecule has 1 atom stereocenters. The van der Waals surface area contributed by atoms with Crippen molar-refractivity contribution in [1.29, 1.82) is 0 Å². The Morgan fingerprint density at radius 2 is 2.17 bits per heavy atom. The molecule has 2 heterocycles. The molecule has 8 nitrogen and oxygen atoms in total. The lowest BCUT2D eigenvalue weighted by molar-refractivity contribution is -0.141. The minimum Gasteiger partial charge on any atom is -0.379 e. The van der Waals surface area contributed by atoms with Crippen LogP contribution in [-0.4, -0.2) is 68.0 Å². The Balaban J connectivity index is 0.00000450. The molecule has 1 aliphatic heterocycles.